The zero-order chi connectivity index (χ0) is 12.7. The van der Waals surface area contributed by atoms with Crippen molar-refractivity contribution in [3.63, 3.8) is 0 Å². The van der Waals surface area contributed by atoms with Crippen LogP contribution in [-0.4, -0.2) is 33.4 Å². The van der Waals surface area contributed by atoms with E-state index in [0.29, 0.717) is 13.1 Å². The Labute approximate surface area is 102 Å². The summed E-state index contributed by atoms with van der Waals surface area (Å²) in [7, 11) is 3.25. The van der Waals surface area contributed by atoms with Gasteiger partial charge in [-0.2, -0.15) is 0 Å². The van der Waals surface area contributed by atoms with Crippen molar-refractivity contribution in [2.45, 2.75) is 12.6 Å². The topological polar surface area (TPSA) is 82.5 Å². The van der Waals surface area contributed by atoms with E-state index < -0.39 is 0 Å². The van der Waals surface area contributed by atoms with E-state index in [1.807, 2.05) is 18.2 Å². The van der Waals surface area contributed by atoms with E-state index in [1.165, 1.54) is 0 Å². The average Bonchev–Trinajstić information content (AvgIpc) is 2.38. The van der Waals surface area contributed by atoms with E-state index in [4.69, 9.17) is 20.9 Å². The minimum absolute atomic E-state index is 0.00450. The molecule has 1 rings (SSSR count). The zero-order valence-corrected chi connectivity index (χ0v) is 10.4. The Kier molecular flexibility index (Phi) is 5.76. The monoisotopic (exact) mass is 239 g/mol. The number of hydrogen-bond donors (Lipinski definition) is 3. The van der Waals surface area contributed by atoms with E-state index in [0.717, 1.165) is 23.6 Å². The largest absolute Gasteiger partial charge is 0.493 e. The van der Waals surface area contributed by atoms with Crippen LogP contribution in [0.5, 0.6) is 11.5 Å². The van der Waals surface area contributed by atoms with Gasteiger partial charge in [-0.05, 0) is 17.7 Å². The number of ether oxygens (including phenoxy) is 2. The van der Waals surface area contributed by atoms with Crippen LogP contribution in [0.1, 0.15) is 5.56 Å². The maximum Gasteiger partial charge on any atom is 0.161 e. The first-order valence-corrected chi connectivity index (χ1v) is 5.58. The minimum Gasteiger partial charge on any atom is -0.493 e. The highest BCUT2D eigenvalue weighted by Gasteiger charge is 2.04. The quantitative estimate of drug-likeness (QED) is 0.627. The molecule has 0 saturated carbocycles. The molecule has 0 fully saturated rings. The van der Waals surface area contributed by atoms with Crippen molar-refractivity contribution < 1.29 is 9.47 Å². The van der Waals surface area contributed by atoms with Crippen molar-refractivity contribution in [1.82, 2.24) is 5.32 Å². The molecule has 1 aromatic rings. The highest BCUT2D eigenvalue weighted by molar-refractivity contribution is 5.42. The van der Waals surface area contributed by atoms with Gasteiger partial charge in [0.2, 0.25) is 0 Å². The summed E-state index contributed by atoms with van der Waals surface area (Å²) in [6, 6.07) is 5.82. The van der Waals surface area contributed by atoms with Crippen molar-refractivity contribution in [2.24, 2.45) is 11.5 Å². The van der Waals surface area contributed by atoms with Crippen LogP contribution in [-0.2, 0) is 6.54 Å². The minimum atomic E-state index is -0.00450. The molecule has 0 aromatic heterocycles. The van der Waals surface area contributed by atoms with Gasteiger partial charge in [-0.3, -0.25) is 0 Å². The van der Waals surface area contributed by atoms with E-state index in [9.17, 15) is 0 Å². The molecule has 0 saturated heterocycles. The van der Waals surface area contributed by atoms with E-state index >= 15 is 0 Å². The molecule has 0 amide bonds. The molecule has 5 N–H and O–H groups in total. The molecule has 0 radical (unpaired) electrons. The van der Waals surface area contributed by atoms with Crippen molar-refractivity contribution in [1.29, 1.82) is 0 Å². The number of benzene rings is 1. The molecule has 5 nitrogen and oxygen atoms in total. The van der Waals surface area contributed by atoms with E-state index in [2.05, 4.69) is 5.32 Å². The molecule has 5 heteroatoms. The third kappa shape index (κ3) is 4.22. The molecule has 17 heavy (non-hydrogen) atoms. The maximum absolute atomic E-state index is 5.71. The van der Waals surface area contributed by atoms with Crippen LogP contribution in [0.2, 0.25) is 0 Å². The first-order valence-electron chi connectivity index (χ1n) is 5.58. The zero-order valence-electron chi connectivity index (χ0n) is 10.4. The molecule has 1 aromatic carbocycles. The molecule has 96 valence electrons. The standard InChI is InChI=1S/C12H21N3O2/c1-16-11-4-3-9(5-12(11)17-2)7-15-8-10(14)6-13/h3-5,10,15H,6-8,13-14H2,1-2H3. The highest BCUT2D eigenvalue weighted by Crippen LogP contribution is 2.27. The summed E-state index contributed by atoms with van der Waals surface area (Å²) in [6.45, 7) is 1.91. The molecular weight excluding hydrogens is 218 g/mol. The van der Waals surface area contributed by atoms with Crippen LogP contribution in [0.3, 0.4) is 0 Å². The SMILES string of the molecule is COc1ccc(CNCC(N)CN)cc1OC. The maximum atomic E-state index is 5.71. The van der Waals surface area contributed by atoms with Crippen molar-refractivity contribution in [3.05, 3.63) is 23.8 Å². The summed E-state index contributed by atoms with van der Waals surface area (Å²) in [4.78, 5) is 0. The third-order valence-corrected chi connectivity index (χ3v) is 2.49. The summed E-state index contributed by atoms with van der Waals surface area (Å²) in [5, 5.41) is 3.24. The fraction of sp³-hybridized carbons (Fsp3) is 0.500. The van der Waals surface area contributed by atoms with Crippen LogP contribution >= 0.6 is 0 Å². The smallest absolute Gasteiger partial charge is 0.161 e. The van der Waals surface area contributed by atoms with Crippen LogP contribution < -0.4 is 26.3 Å². The second-order valence-corrected chi connectivity index (χ2v) is 3.82. The lowest BCUT2D eigenvalue weighted by molar-refractivity contribution is 0.354. The van der Waals surface area contributed by atoms with E-state index in [1.54, 1.807) is 14.2 Å². The van der Waals surface area contributed by atoms with Gasteiger partial charge < -0.3 is 26.3 Å². The Morgan fingerprint density at radius 2 is 1.94 bits per heavy atom. The second-order valence-electron chi connectivity index (χ2n) is 3.82. The summed E-state index contributed by atoms with van der Waals surface area (Å²) < 4.78 is 10.4. The second kappa shape index (κ2) is 7.11. The predicted molar refractivity (Wildman–Crippen MR) is 68.3 cm³/mol. The van der Waals surface area contributed by atoms with Crippen LogP contribution in [0.25, 0.3) is 0 Å². The normalized spacial score (nSPS) is 12.2. The van der Waals surface area contributed by atoms with E-state index in [-0.39, 0.29) is 6.04 Å². The number of methoxy groups -OCH3 is 2. The van der Waals surface area contributed by atoms with Gasteiger partial charge in [-0.1, -0.05) is 6.07 Å². The van der Waals surface area contributed by atoms with Crippen LogP contribution in [0.4, 0.5) is 0 Å². The summed E-state index contributed by atoms with van der Waals surface area (Å²) in [5.74, 6) is 1.46. The molecule has 0 aliphatic heterocycles. The van der Waals surface area contributed by atoms with Gasteiger partial charge in [-0.15, -0.1) is 0 Å². The van der Waals surface area contributed by atoms with Crippen molar-refractivity contribution >= 4 is 0 Å². The lowest BCUT2D eigenvalue weighted by atomic mass is 10.2. The highest BCUT2D eigenvalue weighted by atomic mass is 16.5. The molecule has 0 spiro atoms. The van der Waals surface area contributed by atoms with Gasteiger partial charge in [0.25, 0.3) is 0 Å². The molecule has 1 unspecified atom stereocenters. The van der Waals surface area contributed by atoms with Crippen molar-refractivity contribution in [3.8, 4) is 11.5 Å². The Balaban J connectivity index is 2.54. The lowest BCUT2D eigenvalue weighted by Gasteiger charge is -2.12. The fourth-order valence-corrected chi connectivity index (χ4v) is 1.48. The number of nitrogens with one attached hydrogen (secondary N) is 1. The Bertz CT molecular complexity index is 345. The molecule has 0 aliphatic carbocycles. The van der Waals surface area contributed by atoms with Gasteiger partial charge in [0.05, 0.1) is 14.2 Å². The third-order valence-electron chi connectivity index (χ3n) is 2.49. The summed E-state index contributed by atoms with van der Waals surface area (Å²) in [6.07, 6.45) is 0. The average molecular weight is 239 g/mol. The van der Waals surface area contributed by atoms with Crippen LogP contribution in [0.15, 0.2) is 18.2 Å². The van der Waals surface area contributed by atoms with Crippen LogP contribution in [0, 0.1) is 0 Å². The molecule has 1 atom stereocenters. The Hall–Kier alpha value is -1.30. The van der Waals surface area contributed by atoms with Crippen molar-refractivity contribution in [2.75, 3.05) is 27.3 Å². The van der Waals surface area contributed by atoms with Gasteiger partial charge in [0, 0.05) is 25.7 Å². The predicted octanol–water partition coefficient (Wildman–Crippen LogP) is 0.0794. The molecular formula is C12H21N3O2. The Morgan fingerprint density at radius 3 is 2.53 bits per heavy atom. The van der Waals surface area contributed by atoms with Gasteiger partial charge >= 0.3 is 0 Å². The number of nitrogens with two attached hydrogens (primary N) is 2. The molecule has 0 aliphatic rings. The van der Waals surface area contributed by atoms with Gasteiger partial charge in [0.1, 0.15) is 0 Å². The summed E-state index contributed by atoms with van der Waals surface area (Å²) in [5.41, 5.74) is 12.3. The molecule has 0 bridgehead atoms. The number of rotatable bonds is 7. The van der Waals surface area contributed by atoms with Gasteiger partial charge in [0.15, 0.2) is 11.5 Å². The first-order chi connectivity index (χ1) is 8.21. The molecule has 0 heterocycles. The van der Waals surface area contributed by atoms with Gasteiger partial charge in [-0.25, -0.2) is 0 Å². The first kappa shape index (κ1) is 13.8. The lowest BCUT2D eigenvalue weighted by Crippen LogP contribution is -2.39. The summed E-state index contributed by atoms with van der Waals surface area (Å²) >= 11 is 0. The number of hydrogen-bond acceptors (Lipinski definition) is 5. The fourth-order valence-electron chi connectivity index (χ4n) is 1.48. The Morgan fingerprint density at radius 1 is 1.24 bits per heavy atom.